The Labute approximate surface area is 132 Å². The van der Waals surface area contributed by atoms with Crippen LogP contribution in [0.1, 0.15) is 39.0 Å². The lowest BCUT2D eigenvalue weighted by Gasteiger charge is -2.38. The average molecular weight is 303 g/mol. The molecule has 2 aliphatic rings. The van der Waals surface area contributed by atoms with E-state index < -0.39 is 5.54 Å². The number of ether oxygens (including phenoxy) is 1. The SMILES string of the molecule is CCOC(=O)CCN1CCC(C#N)(NC2=CCCC=C2)CC1. The van der Waals surface area contributed by atoms with Crippen molar-refractivity contribution in [1.29, 1.82) is 5.26 Å². The number of nitrogens with zero attached hydrogens (tertiary/aromatic N) is 2. The van der Waals surface area contributed by atoms with Crippen molar-refractivity contribution in [2.45, 2.75) is 44.6 Å². The lowest BCUT2D eigenvalue weighted by atomic mass is 9.88. The first-order chi connectivity index (χ1) is 10.7. The van der Waals surface area contributed by atoms with Crippen molar-refractivity contribution < 1.29 is 9.53 Å². The van der Waals surface area contributed by atoms with E-state index in [1.165, 1.54) is 0 Å². The lowest BCUT2D eigenvalue weighted by Crippen LogP contribution is -2.52. The Balaban J connectivity index is 1.81. The summed E-state index contributed by atoms with van der Waals surface area (Å²) in [6, 6.07) is 2.47. The molecule has 0 amide bonds. The number of piperidine rings is 1. The molecule has 22 heavy (non-hydrogen) atoms. The topological polar surface area (TPSA) is 65.4 Å². The zero-order valence-electron chi connectivity index (χ0n) is 13.3. The summed E-state index contributed by atoms with van der Waals surface area (Å²) in [5, 5.41) is 13.0. The van der Waals surface area contributed by atoms with Gasteiger partial charge in [-0.05, 0) is 38.7 Å². The maximum atomic E-state index is 11.4. The average Bonchev–Trinajstić information content (AvgIpc) is 2.55. The van der Waals surface area contributed by atoms with Crippen LogP contribution < -0.4 is 5.32 Å². The number of hydrogen-bond acceptors (Lipinski definition) is 5. The normalized spacial score (nSPS) is 20.8. The standard InChI is InChI=1S/C17H25N3O2/c1-2-22-16(21)8-11-20-12-9-17(14-18,10-13-20)19-15-6-4-3-5-7-15/h4,6-7,19H,2-3,5,8-13H2,1H3. The number of rotatable bonds is 6. The largest absolute Gasteiger partial charge is 0.466 e. The minimum atomic E-state index is -0.478. The summed E-state index contributed by atoms with van der Waals surface area (Å²) < 4.78 is 4.95. The molecule has 120 valence electrons. The Morgan fingerprint density at radius 2 is 2.23 bits per heavy atom. The first kappa shape index (κ1) is 16.6. The van der Waals surface area contributed by atoms with Crippen molar-refractivity contribution in [1.82, 2.24) is 10.2 Å². The fraction of sp³-hybridized carbons (Fsp3) is 0.647. The van der Waals surface area contributed by atoms with E-state index in [0.717, 1.165) is 44.5 Å². The van der Waals surface area contributed by atoms with Crippen molar-refractivity contribution in [3.05, 3.63) is 23.9 Å². The maximum Gasteiger partial charge on any atom is 0.307 e. The molecular weight excluding hydrogens is 278 g/mol. The van der Waals surface area contributed by atoms with Crippen LogP contribution in [0.4, 0.5) is 0 Å². The van der Waals surface area contributed by atoms with Gasteiger partial charge in [-0.15, -0.1) is 0 Å². The summed E-state index contributed by atoms with van der Waals surface area (Å²) in [4.78, 5) is 13.6. The smallest absolute Gasteiger partial charge is 0.307 e. The molecule has 0 bridgehead atoms. The van der Waals surface area contributed by atoms with Crippen molar-refractivity contribution in [3.63, 3.8) is 0 Å². The highest BCUT2D eigenvalue weighted by molar-refractivity contribution is 5.69. The van der Waals surface area contributed by atoms with Gasteiger partial charge in [-0.3, -0.25) is 4.79 Å². The number of carbonyl (C=O) groups excluding carboxylic acids is 1. The van der Waals surface area contributed by atoms with E-state index in [0.29, 0.717) is 19.6 Å². The highest BCUT2D eigenvalue weighted by Gasteiger charge is 2.35. The molecule has 1 saturated heterocycles. The summed E-state index contributed by atoms with van der Waals surface area (Å²) in [5.41, 5.74) is 0.585. The molecule has 1 N–H and O–H groups in total. The van der Waals surface area contributed by atoms with Crippen molar-refractivity contribution in [2.75, 3.05) is 26.2 Å². The minimum Gasteiger partial charge on any atom is -0.466 e. The highest BCUT2D eigenvalue weighted by Crippen LogP contribution is 2.24. The van der Waals surface area contributed by atoms with E-state index >= 15 is 0 Å². The molecule has 5 nitrogen and oxygen atoms in total. The second kappa shape index (κ2) is 8.00. The molecule has 0 unspecified atom stereocenters. The van der Waals surface area contributed by atoms with Gasteiger partial charge < -0.3 is 15.0 Å². The predicted octanol–water partition coefficient (Wildman–Crippen LogP) is 2.12. The number of nitrogens with one attached hydrogen (secondary N) is 1. The van der Waals surface area contributed by atoms with Gasteiger partial charge in [-0.1, -0.05) is 12.2 Å². The quantitative estimate of drug-likeness (QED) is 0.761. The Kier molecular flexibility index (Phi) is 6.02. The first-order valence-corrected chi connectivity index (χ1v) is 8.11. The van der Waals surface area contributed by atoms with E-state index in [4.69, 9.17) is 4.74 Å². The number of carbonyl (C=O) groups is 1. The molecule has 1 aliphatic heterocycles. The molecule has 0 saturated carbocycles. The maximum absolute atomic E-state index is 11.4. The Morgan fingerprint density at radius 1 is 1.45 bits per heavy atom. The van der Waals surface area contributed by atoms with Gasteiger partial charge in [0.05, 0.1) is 19.1 Å². The van der Waals surface area contributed by atoms with Gasteiger partial charge in [-0.2, -0.15) is 5.26 Å². The van der Waals surface area contributed by atoms with Crippen LogP contribution in [0.25, 0.3) is 0 Å². The molecule has 0 aromatic carbocycles. The minimum absolute atomic E-state index is 0.143. The third kappa shape index (κ3) is 4.60. The number of esters is 1. The van der Waals surface area contributed by atoms with Gasteiger partial charge >= 0.3 is 5.97 Å². The van der Waals surface area contributed by atoms with E-state index in [1.807, 2.05) is 6.92 Å². The molecule has 0 atom stereocenters. The van der Waals surface area contributed by atoms with Crippen molar-refractivity contribution in [3.8, 4) is 6.07 Å². The summed E-state index contributed by atoms with van der Waals surface area (Å²) in [6.45, 7) is 4.62. The lowest BCUT2D eigenvalue weighted by molar-refractivity contribution is -0.143. The summed E-state index contributed by atoms with van der Waals surface area (Å²) in [7, 11) is 0. The van der Waals surface area contributed by atoms with E-state index in [2.05, 4.69) is 34.5 Å². The molecule has 1 aliphatic carbocycles. The van der Waals surface area contributed by atoms with Crippen LogP contribution in [-0.4, -0.2) is 42.6 Å². The van der Waals surface area contributed by atoms with Crippen LogP contribution in [0.3, 0.4) is 0 Å². The van der Waals surface area contributed by atoms with Crippen LogP contribution in [-0.2, 0) is 9.53 Å². The number of hydrogen-bond donors (Lipinski definition) is 1. The fourth-order valence-electron chi connectivity index (χ4n) is 2.89. The Hall–Kier alpha value is -1.80. The second-order valence-corrected chi connectivity index (χ2v) is 5.85. The molecular formula is C17H25N3O2. The fourth-order valence-corrected chi connectivity index (χ4v) is 2.89. The number of nitriles is 1. The monoisotopic (exact) mass is 303 g/mol. The Morgan fingerprint density at radius 3 is 2.82 bits per heavy atom. The number of allylic oxidation sites excluding steroid dienone is 3. The van der Waals surface area contributed by atoms with Crippen LogP contribution in [0.5, 0.6) is 0 Å². The van der Waals surface area contributed by atoms with Gasteiger partial charge in [0.25, 0.3) is 0 Å². The predicted molar refractivity (Wildman–Crippen MR) is 84.9 cm³/mol. The van der Waals surface area contributed by atoms with Crippen LogP contribution in [0.15, 0.2) is 23.9 Å². The number of likely N-dealkylation sites (tertiary alicyclic amines) is 1. The van der Waals surface area contributed by atoms with Crippen LogP contribution >= 0.6 is 0 Å². The molecule has 0 aromatic rings. The van der Waals surface area contributed by atoms with E-state index in [-0.39, 0.29) is 5.97 Å². The van der Waals surface area contributed by atoms with E-state index in [1.54, 1.807) is 0 Å². The Bertz CT molecular complexity index is 483. The summed E-state index contributed by atoms with van der Waals surface area (Å²) in [5.74, 6) is -0.143. The second-order valence-electron chi connectivity index (χ2n) is 5.85. The highest BCUT2D eigenvalue weighted by atomic mass is 16.5. The molecule has 0 radical (unpaired) electrons. The molecule has 0 spiro atoms. The van der Waals surface area contributed by atoms with Gasteiger partial charge in [-0.25, -0.2) is 0 Å². The molecule has 1 fully saturated rings. The molecule has 1 heterocycles. The van der Waals surface area contributed by atoms with E-state index in [9.17, 15) is 10.1 Å². The summed E-state index contributed by atoms with van der Waals surface area (Å²) in [6.07, 6.45) is 10.5. The van der Waals surface area contributed by atoms with Crippen molar-refractivity contribution >= 4 is 5.97 Å². The van der Waals surface area contributed by atoms with Gasteiger partial charge in [0.15, 0.2) is 0 Å². The van der Waals surface area contributed by atoms with Gasteiger partial charge in [0.2, 0.25) is 0 Å². The van der Waals surface area contributed by atoms with Crippen LogP contribution in [0, 0.1) is 11.3 Å². The van der Waals surface area contributed by atoms with Crippen molar-refractivity contribution in [2.24, 2.45) is 0 Å². The molecule has 2 rings (SSSR count). The van der Waals surface area contributed by atoms with Crippen LogP contribution in [0.2, 0.25) is 0 Å². The van der Waals surface area contributed by atoms with Gasteiger partial charge in [0, 0.05) is 25.3 Å². The molecule has 0 aromatic heterocycles. The zero-order valence-corrected chi connectivity index (χ0v) is 13.3. The van der Waals surface area contributed by atoms with Gasteiger partial charge in [0.1, 0.15) is 5.54 Å². The summed E-state index contributed by atoms with van der Waals surface area (Å²) >= 11 is 0. The third-order valence-electron chi connectivity index (χ3n) is 4.24. The third-order valence-corrected chi connectivity index (χ3v) is 4.24. The zero-order chi connectivity index (χ0) is 15.8. The molecule has 5 heteroatoms. The first-order valence-electron chi connectivity index (χ1n) is 8.11.